The van der Waals surface area contributed by atoms with Crippen LogP contribution in [0.2, 0.25) is 0 Å². The maximum absolute atomic E-state index is 9.69. The standard InChI is InChI=1S/C25H42O/c1-2-3-4-5-6-7-8-9-10-11-12-13-14-15-16-17-18-21-24-22-19-20-23-25(24)26/h18-23,26H,2-17H2,1H3. The molecule has 1 nitrogen and oxygen atoms in total. The van der Waals surface area contributed by atoms with Crippen molar-refractivity contribution in [1.29, 1.82) is 0 Å². The molecule has 1 aromatic carbocycles. The fraction of sp³-hybridized carbons (Fsp3) is 0.680. The van der Waals surface area contributed by atoms with Crippen LogP contribution in [0.3, 0.4) is 0 Å². The van der Waals surface area contributed by atoms with Gasteiger partial charge in [0.2, 0.25) is 0 Å². The van der Waals surface area contributed by atoms with Gasteiger partial charge in [0.1, 0.15) is 5.75 Å². The number of phenolic OH excluding ortho intramolecular Hbond substituents is 1. The van der Waals surface area contributed by atoms with Gasteiger partial charge in [0.15, 0.2) is 0 Å². The predicted octanol–water partition coefficient (Wildman–Crippen LogP) is 8.67. The number of hydrogen-bond acceptors (Lipinski definition) is 1. The van der Waals surface area contributed by atoms with E-state index in [0.29, 0.717) is 5.75 Å². The van der Waals surface area contributed by atoms with Gasteiger partial charge in [-0.2, -0.15) is 0 Å². The van der Waals surface area contributed by atoms with Crippen LogP contribution in [0.1, 0.15) is 115 Å². The maximum atomic E-state index is 9.69. The third kappa shape index (κ3) is 13.0. The van der Waals surface area contributed by atoms with E-state index in [1.807, 2.05) is 24.3 Å². The van der Waals surface area contributed by atoms with Crippen molar-refractivity contribution in [2.75, 3.05) is 0 Å². The summed E-state index contributed by atoms with van der Waals surface area (Å²) in [4.78, 5) is 0. The minimum atomic E-state index is 0.375. The molecule has 0 aliphatic heterocycles. The first kappa shape index (κ1) is 22.8. The second-order valence-electron chi connectivity index (χ2n) is 7.70. The Morgan fingerprint density at radius 2 is 1.12 bits per heavy atom. The lowest BCUT2D eigenvalue weighted by Crippen LogP contribution is -1.83. The van der Waals surface area contributed by atoms with Crippen molar-refractivity contribution in [3.63, 3.8) is 0 Å². The molecular weight excluding hydrogens is 316 g/mol. The van der Waals surface area contributed by atoms with Crippen molar-refractivity contribution < 1.29 is 5.11 Å². The molecule has 0 atom stereocenters. The molecule has 0 radical (unpaired) electrons. The molecule has 0 heterocycles. The number of hydrogen-bond donors (Lipinski definition) is 1. The Balaban J connectivity index is 1.79. The van der Waals surface area contributed by atoms with Crippen molar-refractivity contribution in [3.8, 4) is 5.75 Å². The molecule has 148 valence electrons. The van der Waals surface area contributed by atoms with E-state index in [1.165, 1.54) is 96.3 Å². The number of para-hydroxylation sites is 1. The van der Waals surface area contributed by atoms with Gasteiger partial charge in [0.25, 0.3) is 0 Å². The Morgan fingerprint density at radius 1 is 0.654 bits per heavy atom. The van der Waals surface area contributed by atoms with Gasteiger partial charge < -0.3 is 5.11 Å². The lowest BCUT2D eigenvalue weighted by Gasteiger charge is -2.03. The highest BCUT2D eigenvalue weighted by Gasteiger charge is 1.95. The van der Waals surface area contributed by atoms with Crippen molar-refractivity contribution >= 4 is 6.08 Å². The summed E-state index contributed by atoms with van der Waals surface area (Å²) in [7, 11) is 0. The summed E-state index contributed by atoms with van der Waals surface area (Å²) >= 11 is 0. The molecule has 0 saturated heterocycles. The zero-order chi connectivity index (χ0) is 18.7. The van der Waals surface area contributed by atoms with Gasteiger partial charge in [-0.3, -0.25) is 0 Å². The van der Waals surface area contributed by atoms with E-state index in [2.05, 4.69) is 13.0 Å². The minimum Gasteiger partial charge on any atom is -0.507 e. The van der Waals surface area contributed by atoms with Crippen molar-refractivity contribution in [2.45, 2.75) is 110 Å². The SMILES string of the molecule is CCCCCCCCCCCCCCCCCC=Cc1ccccc1O. The fourth-order valence-electron chi connectivity index (χ4n) is 3.47. The molecule has 0 spiro atoms. The number of allylic oxidation sites excluding steroid dienone is 1. The van der Waals surface area contributed by atoms with Gasteiger partial charge >= 0.3 is 0 Å². The van der Waals surface area contributed by atoms with Crippen molar-refractivity contribution in [3.05, 3.63) is 35.9 Å². The van der Waals surface area contributed by atoms with E-state index in [1.54, 1.807) is 6.07 Å². The highest BCUT2D eigenvalue weighted by Crippen LogP contribution is 2.18. The third-order valence-electron chi connectivity index (χ3n) is 5.21. The van der Waals surface area contributed by atoms with Crippen LogP contribution in [0, 0.1) is 0 Å². The van der Waals surface area contributed by atoms with Crippen LogP contribution in [-0.2, 0) is 0 Å². The van der Waals surface area contributed by atoms with Crippen LogP contribution in [0.4, 0.5) is 0 Å². The molecule has 0 unspecified atom stereocenters. The van der Waals surface area contributed by atoms with E-state index < -0.39 is 0 Å². The summed E-state index contributed by atoms with van der Waals surface area (Å²) in [5.74, 6) is 0.375. The van der Waals surface area contributed by atoms with E-state index in [4.69, 9.17) is 0 Å². The van der Waals surface area contributed by atoms with Gasteiger partial charge in [0.05, 0.1) is 0 Å². The Bertz CT molecular complexity index is 449. The quantitative estimate of drug-likeness (QED) is 0.276. The lowest BCUT2D eigenvalue weighted by atomic mass is 10.0. The first-order chi connectivity index (χ1) is 12.8. The molecule has 1 heteroatoms. The summed E-state index contributed by atoms with van der Waals surface area (Å²) < 4.78 is 0. The van der Waals surface area contributed by atoms with Crippen LogP contribution < -0.4 is 0 Å². The normalized spacial score (nSPS) is 11.4. The number of unbranched alkanes of at least 4 members (excludes halogenated alkanes) is 15. The van der Waals surface area contributed by atoms with Crippen LogP contribution >= 0.6 is 0 Å². The van der Waals surface area contributed by atoms with Gasteiger partial charge in [-0.05, 0) is 18.9 Å². The molecule has 0 amide bonds. The van der Waals surface area contributed by atoms with Gasteiger partial charge in [-0.25, -0.2) is 0 Å². The van der Waals surface area contributed by atoms with E-state index >= 15 is 0 Å². The number of rotatable bonds is 17. The number of aromatic hydroxyl groups is 1. The second-order valence-corrected chi connectivity index (χ2v) is 7.70. The Morgan fingerprint density at radius 3 is 1.62 bits per heavy atom. The van der Waals surface area contributed by atoms with E-state index in [-0.39, 0.29) is 0 Å². The summed E-state index contributed by atoms with van der Waals surface area (Å²) in [5.41, 5.74) is 0.924. The highest BCUT2D eigenvalue weighted by atomic mass is 16.3. The molecule has 1 rings (SSSR count). The molecule has 0 bridgehead atoms. The van der Waals surface area contributed by atoms with Gasteiger partial charge in [-0.1, -0.05) is 127 Å². The number of phenols is 1. The van der Waals surface area contributed by atoms with Crippen LogP contribution in [0.25, 0.3) is 6.08 Å². The van der Waals surface area contributed by atoms with E-state index in [0.717, 1.165) is 12.0 Å². The first-order valence-corrected chi connectivity index (χ1v) is 11.3. The molecule has 26 heavy (non-hydrogen) atoms. The number of benzene rings is 1. The Labute approximate surface area is 162 Å². The van der Waals surface area contributed by atoms with E-state index in [9.17, 15) is 5.11 Å². The fourth-order valence-corrected chi connectivity index (χ4v) is 3.47. The van der Waals surface area contributed by atoms with Crippen LogP contribution in [-0.4, -0.2) is 5.11 Å². The molecule has 0 saturated carbocycles. The molecule has 1 N–H and O–H groups in total. The largest absolute Gasteiger partial charge is 0.507 e. The minimum absolute atomic E-state index is 0.375. The molecular formula is C25H42O. The molecule has 0 fully saturated rings. The average Bonchev–Trinajstić information content (AvgIpc) is 2.65. The monoisotopic (exact) mass is 358 g/mol. The maximum Gasteiger partial charge on any atom is 0.122 e. The van der Waals surface area contributed by atoms with Gasteiger partial charge in [0, 0.05) is 5.56 Å². The first-order valence-electron chi connectivity index (χ1n) is 11.3. The second kappa shape index (κ2) is 17.2. The summed E-state index contributed by atoms with van der Waals surface area (Å²) in [6.07, 6.45) is 26.5. The zero-order valence-corrected chi connectivity index (χ0v) is 17.2. The predicted molar refractivity (Wildman–Crippen MR) is 117 cm³/mol. The summed E-state index contributed by atoms with van der Waals surface area (Å²) in [6, 6.07) is 7.53. The summed E-state index contributed by atoms with van der Waals surface area (Å²) in [6.45, 7) is 2.29. The summed E-state index contributed by atoms with van der Waals surface area (Å²) in [5, 5.41) is 9.69. The van der Waals surface area contributed by atoms with Crippen molar-refractivity contribution in [2.24, 2.45) is 0 Å². The average molecular weight is 359 g/mol. The Kier molecular flexibility index (Phi) is 15.1. The highest BCUT2D eigenvalue weighted by molar-refractivity contribution is 5.56. The molecule has 0 aliphatic carbocycles. The van der Waals surface area contributed by atoms with Gasteiger partial charge in [-0.15, -0.1) is 0 Å². The molecule has 1 aromatic rings. The Hall–Kier alpha value is -1.24. The van der Waals surface area contributed by atoms with Crippen LogP contribution in [0.5, 0.6) is 5.75 Å². The van der Waals surface area contributed by atoms with Crippen LogP contribution in [0.15, 0.2) is 30.3 Å². The molecule has 0 aliphatic rings. The third-order valence-corrected chi connectivity index (χ3v) is 5.21. The molecule has 0 aromatic heterocycles. The zero-order valence-electron chi connectivity index (χ0n) is 17.2. The topological polar surface area (TPSA) is 20.2 Å². The van der Waals surface area contributed by atoms with Crippen molar-refractivity contribution in [1.82, 2.24) is 0 Å². The smallest absolute Gasteiger partial charge is 0.122 e. The lowest BCUT2D eigenvalue weighted by molar-refractivity contribution is 0.474.